The first-order chi connectivity index (χ1) is 17.9. The maximum Gasteiger partial charge on any atom is 0.407 e. The number of ether oxygens (including phenoxy) is 3. The minimum Gasteiger partial charge on any atom is -0.444 e. The SMILES string of the molecule is CC1CN(c2ccc(Cl)c(Cl)c2)N=C1NC(=O)CCCNC(=O)COCCOCCNC(=O)OC(C)(C)C. The monoisotopic (exact) mass is 573 g/mol. The maximum atomic E-state index is 12.3. The summed E-state index contributed by atoms with van der Waals surface area (Å²) in [5, 5.41) is 15.3. The Morgan fingerprint density at radius 1 is 1.03 bits per heavy atom. The standard InChI is InChI=1S/C25H37Cl2N5O6/c1-17-15-32(18-7-8-19(26)20(27)14-18)31-23(17)30-21(33)6-5-9-28-22(34)16-37-13-12-36-11-10-29-24(35)38-25(2,3)4/h7-8,14,17H,5-6,9-13,15-16H2,1-4H3,(H,28,34)(H,29,35)(H,30,31,33). The normalized spacial score (nSPS) is 15.2. The van der Waals surface area contributed by atoms with E-state index in [0.717, 1.165) is 5.69 Å². The number of carbonyl (C=O) groups is 3. The van der Waals surface area contributed by atoms with Crippen molar-refractivity contribution >= 4 is 52.6 Å². The molecule has 0 spiro atoms. The maximum absolute atomic E-state index is 12.3. The van der Waals surface area contributed by atoms with Gasteiger partial charge in [0.25, 0.3) is 0 Å². The fourth-order valence-electron chi connectivity index (χ4n) is 3.23. The number of hydrogen-bond acceptors (Lipinski definition) is 8. The van der Waals surface area contributed by atoms with Crippen LogP contribution in [0.25, 0.3) is 0 Å². The van der Waals surface area contributed by atoms with Crippen molar-refractivity contribution in [3.05, 3.63) is 28.2 Å². The second-order valence-corrected chi connectivity index (χ2v) is 10.5. The highest BCUT2D eigenvalue weighted by atomic mass is 35.5. The van der Waals surface area contributed by atoms with Crippen LogP contribution in [0.5, 0.6) is 0 Å². The van der Waals surface area contributed by atoms with Crippen LogP contribution < -0.4 is 21.0 Å². The Kier molecular flexibility index (Phi) is 13.1. The summed E-state index contributed by atoms with van der Waals surface area (Å²) >= 11 is 12.1. The van der Waals surface area contributed by atoms with Gasteiger partial charge in [0.2, 0.25) is 11.8 Å². The van der Waals surface area contributed by atoms with Crippen LogP contribution in [0.4, 0.5) is 10.5 Å². The highest BCUT2D eigenvalue weighted by Gasteiger charge is 2.25. The molecule has 3 amide bonds. The van der Waals surface area contributed by atoms with Gasteiger partial charge in [-0.2, -0.15) is 5.10 Å². The fourth-order valence-corrected chi connectivity index (χ4v) is 3.52. The highest BCUT2D eigenvalue weighted by Crippen LogP contribution is 2.29. The first-order valence-electron chi connectivity index (χ1n) is 12.4. The molecule has 2 rings (SSSR count). The number of halogens is 2. The molecule has 1 unspecified atom stereocenters. The molecule has 1 aliphatic rings. The molecule has 0 aliphatic carbocycles. The molecule has 3 N–H and O–H groups in total. The van der Waals surface area contributed by atoms with E-state index in [-0.39, 0.29) is 44.0 Å². The van der Waals surface area contributed by atoms with E-state index >= 15 is 0 Å². The van der Waals surface area contributed by atoms with Gasteiger partial charge >= 0.3 is 6.09 Å². The third-order valence-electron chi connectivity index (χ3n) is 5.03. The number of anilines is 1. The number of hydrogen-bond donors (Lipinski definition) is 3. The van der Waals surface area contributed by atoms with Gasteiger partial charge in [-0.1, -0.05) is 30.1 Å². The Balaban J connectivity index is 1.51. The molecule has 13 heteroatoms. The van der Waals surface area contributed by atoms with Crippen molar-refractivity contribution < 1.29 is 28.6 Å². The zero-order valence-corrected chi connectivity index (χ0v) is 23.8. The van der Waals surface area contributed by atoms with Crippen molar-refractivity contribution in [2.24, 2.45) is 11.0 Å². The Labute approximate surface area is 233 Å². The van der Waals surface area contributed by atoms with Crippen LogP contribution in [0.15, 0.2) is 23.3 Å². The molecule has 1 aromatic carbocycles. The molecule has 38 heavy (non-hydrogen) atoms. The summed E-state index contributed by atoms with van der Waals surface area (Å²) in [5.74, 6) is 0.176. The number of amidine groups is 1. The smallest absolute Gasteiger partial charge is 0.407 e. The largest absolute Gasteiger partial charge is 0.444 e. The number of alkyl carbamates (subject to hydrolysis) is 1. The average molecular weight is 575 g/mol. The Bertz CT molecular complexity index is 985. The van der Waals surface area contributed by atoms with Gasteiger partial charge in [0.1, 0.15) is 18.0 Å². The van der Waals surface area contributed by atoms with Crippen LogP contribution in [0.3, 0.4) is 0 Å². The number of amides is 3. The number of hydrazone groups is 1. The lowest BCUT2D eigenvalue weighted by molar-refractivity contribution is -0.126. The van der Waals surface area contributed by atoms with Crippen LogP contribution >= 0.6 is 23.2 Å². The fraction of sp³-hybridized carbons (Fsp3) is 0.600. The van der Waals surface area contributed by atoms with Crippen molar-refractivity contribution in [2.45, 2.75) is 46.1 Å². The van der Waals surface area contributed by atoms with Gasteiger partial charge in [0, 0.05) is 25.4 Å². The van der Waals surface area contributed by atoms with E-state index in [1.807, 2.05) is 13.0 Å². The molecule has 1 heterocycles. The van der Waals surface area contributed by atoms with Gasteiger partial charge in [-0.15, -0.1) is 0 Å². The zero-order valence-electron chi connectivity index (χ0n) is 22.3. The lowest BCUT2D eigenvalue weighted by Gasteiger charge is -2.19. The Hall–Kier alpha value is -2.60. The van der Waals surface area contributed by atoms with Crippen molar-refractivity contribution in [1.82, 2.24) is 16.0 Å². The molecule has 0 radical (unpaired) electrons. The quantitative estimate of drug-likeness (QED) is 0.308. The van der Waals surface area contributed by atoms with Crippen LogP contribution in [-0.4, -0.2) is 75.4 Å². The molecule has 1 atom stereocenters. The van der Waals surface area contributed by atoms with E-state index in [1.54, 1.807) is 37.9 Å². The van der Waals surface area contributed by atoms with Gasteiger partial charge < -0.3 is 30.2 Å². The summed E-state index contributed by atoms with van der Waals surface area (Å²) in [6, 6.07) is 5.26. The summed E-state index contributed by atoms with van der Waals surface area (Å²) in [7, 11) is 0. The van der Waals surface area contributed by atoms with E-state index < -0.39 is 11.7 Å². The molecule has 1 aliphatic heterocycles. The van der Waals surface area contributed by atoms with Gasteiger partial charge in [0.05, 0.1) is 42.1 Å². The summed E-state index contributed by atoms with van der Waals surface area (Å²) in [6.45, 7) is 9.32. The molecule has 1 aromatic rings. The lowest BCUT2D eigenvalue weighted by atomic mass is 10.1. The van der Waals surface area contributed by atoms with Crippen LogP contribution in [0.2, 0.25) is 10.0 Å². The van der Waals surface area contributed by atoms with Crippen molar-refractivity contribution in [2.75, 3.05) is 51.1 Å². The second-order valence-electron chi connectivity index (χ2n) is 9.66. The zero-order chi connectivity index (χ0) is 28.1. The Morgan fingerprint density at radius 3 is 2.47 bits per heavy atom. The number of nitrogens with zero attached hydrogens (tertiary/aromatic N) is 2. The van der Waals surface area contributed by atoms with Crippen LogP contribution in [0, 0.1) is 5.92 Å². The topological polar surface area (TPSA) is 131 Å². The summed E-state index contributed by atoms with van der Waals surface area (Å²) in [6.07, 6.45) is 0.217. The van der Waals surface area contributed by atoms with E-state index in [9.17, 15) is 14.4 Å². The number of rotatable bonds is 13. The molecule has 0 saturated heterocycles. The third kappa shape index (κ3) is 12.3. The van der Waals surface area contributed by atoms with Crippen molar-refractivity contribution in [3.63, 3.8) is 0 Å². The predicted molar refractivity (Wildman–Crippen MR) is 147 cm³/mol. The molecule has 0 bridgehead atoms. The third-order valence-corrected chi connectivity index (χ3v) is 5.77. The molecule has 0 saturated carbocycles. The van der Waals surface area contributed by atoms with Gasteiger partial charge in [-0.05, 0) is 45.4 Å². The molecule has 11 nitrogen and oxygen atoms in total. The van der Waals surface area contributed by atoms with E-state index in [0.29, 0.717) is 48.5 Å². The highest BCUT2D eigenvalue weighted by molar-refractivity contribution is 6.42. The van der Waals surface area contributed by atoms with Crippen LogP contribution in [0.1, 0.15) is 40.5 Å². The van der Waals surface area contributed by atoms with Gasteiger partial charge in [-0.25, -0.2) is 4.79 Å². The summed E-state index contributed by atoms with van der Waals surface area (Å²) in [5.41, 5.74) is 0.245. The second kappa shape index (κ2) is 15.7. The van der Waals surface area contributed by atoms with Gasteiger partial charge in [0.15, 0.2) is 0 Å². The van der Waals surface area contributed by atoms with Crippen LogP contribution in [-0.2, 0) is 23.8 Å². The van der Waals surface area contributed by atoms with E-state index in [4.69, 9.17) is 37.4 Å². The summed E-state index contributed by atoms with van der Waals surface area (Å²) in [4.78, 5) is 35.7. The molecule has 0 aromatic heterocycles. The molecular weight excluding hydrogens is 537 g/mol. The minimum absolute atomic E-state index is 0.0375. The van der Waals surface area contributed by atoms with Gasteiger partial charge in [-0.3, -0.25) is 14.6 Å². The van der Waals surface area contributed by atoms with E-state index in [2.05, 4.69) is 21.1 Å². The average Bonchev–Trinajstić information content (AvgIpc) is 3.19. The van der Waals surface area contributed by atoms with Crippen molar-refractivity contribution in [3.8, 4) is 0 Å². The number of benzene rings is 1. The van der Waals surface area contributed by atoms with E-state index in [1.165, 1.54) is 0 Å². The molecule has 212 valence electrons. The molecule has 0 fully saturated rings. The number of carbonyl (C=O) groups excluding carboxylic acids is 3. The Morgan fingerprint density at radius 2 is 1.76 bits per heavy atom. The predicted octanol–water partition coefficient (Wildman–Crippen LogP) is 3.33. The minimum atomic E-state index is -0.549. The number of nitrogens with one attached hydrogen (secondary N) is 3. The summed E-state index contributed by atoms with van der Waals surface area (Å²) < 4.78 is 15.7. The first kappa shape index (κ1) is 31.6. The molecular formula is C25H37Cl2N5O6. The first-order valence-corrected chi connectivity index (χ1v) is 13.2. The van der Waals surface area contributed by atoms with Crippen molar-refractivity contribution in [1.29, 1.82) is 0 Å². The lowest BCUT2D eigenvalue weighted by Crippen LogP contribution is -2.34.